The van der Waals surface area contributed by atoms with Gasteiger partial charge in [0.1, 0.15) is 19.0 Å². The summed E-state index contributed by atoms with van der Waals surface area (Å²) in [5, 5.41) is 8.67. The third-order valence-electron chi connectivity index (χ3n) is 3.15. The minimum absolute atomic E-state index is 0.114. The van der Waals surface area contributed by atoms with Crippen molar-refractivity contribution in [1.82, 2.24) is 4.90 Å². The largest absolute Gasteiger partial charge is 0.492 e. The van der Waals surface area contributed by atoms with Gasteiger partial charge < -0.3 is 14.7 Å². The number of aliphatic hydroxyl groups excluding tert-OH is 1. The van der Waals surface area contributed by atoms with Crippen molar-refractivity contribution in [3.05, 3.63) is 29.8 Å². The molecule has 3 nitrogen and oxygen atoms in total. The summed E-state index contributed by atoms with van der Waals surface area (Å²) >= 11 is 0. The van der Waals surface area contributed by atoms with Crippen LogP contribution < -0.4 is 4.74 Å². The molecule has 0 unspecified atom stereocenters. The summed E-state index contributed by atoms with van der Waals surface area (Å²) in [5.74, 6) is 7.27. The van der Waals surface area contributed by atoms with Crippen LogP contribution in [-0.4, -0.2) is 43.4 Å². The topological polar surface area (TPSA) is 32.7 Å². The van der Waals surface area contributed by atoms with Crippen molar-refractivity contribution in [2.75, 3.05) is 33.4 Å². The predicted molar refractivity (Wildman–Crippen MR) is 76.1 cm³/mol. The molecule has 2 rings (SSSR count). The summed E-state index contributed by atoms with van der Waals surface area (Å²) in [6.07, 6.45) is 2.77. The van der Waals surface area contributed by atoms with Gasteiger partial charge in [0.15, 0.2) is 0 Å². The Morgan fingerprint density at radius 2 is 2.26 bits per heavy atom. The number of hydrogen-bond acceptors (Lipinski definition) is 3. The van der Waals surface area contributed by atoms with E-state index in [0.717, 1.165) is 23.8 Å². The molecule has 0 amide bonds. The average molecular weight is 259 g/mol. The number of nitrogens with zero attached hydrogens (tertiary/aromatic N) is 1. The van der Waals surface area contributed by atoms with E-state index in [-0.39, 0.29) is 6.61 Å². The Hall–Kier alpha value is -1.50. The molecule has 0 atom stereocenters. The van der Waals surface area contributed by atoms with Crippen molar-refractivity contribution >= 4 is 0 Å². The molecule has 1 aromatic carbocycles. The molecule has 1 saturated carbocycles. The van der Waals surface area contributed by atoms with Gasteiger partial charge in [-0.15, -0.1) is 0 Å². The summed E-state index contributed by atoms with van der Waals surface area (Å²) in [7, 11) is 2.14. The molecule has 1 aliphatic carbocycles. The lowest BCUT2D eigenvalue weighted by atomic mass is 10.2. The molecule has 0 spiro atoms. The van der Waals surface area contributed by atoms with E-state index in [0.29, 0.717) is 6.61 Å². The normalized spacial score (nSPS) is 14.1. The Bertz CT molecular complexity index is 457. The number of hydrogen-bond donors (Lipinski definition) is 1. The first-order valence-corrected chi connectivity index (χ1v) is 6.79. The van der Waals surface area contributed by atoms with Gasteiger partial charge in [-0.3, -0.25) is 0 Å². The number of rotatable bonds is 6. The quantitative estimate of drug-likeness (QED) is 0.790. The van der Waals surface area contributed by atoms with E-state index in [2.05, 4.69) is 23.8 Å². The van der Waals surface area contributed by atoms with Crippen LogP contribution in [0.25, 0.3) is 0 Å². The number of likely N-dealkylation sites (N-methyl/N-ethyl adjacent to an activating group) is 1. The predicted octanol–water partition coefficient (Wildman–Crippen LogP) is 1.75. The monoisotopic (exact) mass is 259 g/mol. The minimum atomic E-state index is -0.114. The second kappa shape index (κ2) is 7.18. The lowest BCUT2D eigenvalue weighted by Crippen LogP contribution is -2.26. The second-order valence-electron chi connectivity index (χ2n) is 5.04. The van der Waals surface area contributed by atoms with Gasteiger partial charge in [0.25, 0.3) is 0 Å². The molecule has 1 aliphatic rings. The van der Waals surface area contributed by atoms with Crippen LogP contribution in [0.5, 0.6) is 5.75 Å². The maximum atomic E-state index is 8.67. The van der Waals surface area contributed by atoms with Crippen molar-refractivity contribution in [2.24, 2.45) is 5.92 Å². The number of ether oxygens (including phenoxy) is 1. The SMILES string of the molecule is CN(CCOc1cccc(C#CCO)c1)CC1CC1. The van der Waals surface area contributed by atoms with Gasteiger partial charge in [-0.1, -0.05) is 17.9 Å². The molecular weight excluding hydrogens is 238 g/mol. The zero-order chi connectivity index (χ0) is 13.5. The van der Waals surface area contributed by atoms with Crippen LogP contribution in [0.15, 0.2) is 24.3 Å². The first-order valence-electron chi connectivity index (χ1n) is 6.79. The van der Waals surface area contributed by atoms with Gasteiger partial charge in [-0.05, 0) is 44.0 Å². The molecule has 19 heavy (non-hydrogen) atoms. The van der Waals surface area contributed by atoms with Gasteiger partial charge in [-0.2, -0.15) is 0 Å². The van der Waals surface area contributed by atoms with E-state index in [9.17, 15) is 0 Å². The van der Waals surface area contributed by atoms with Gasteiger partial charge >= 0.3 is 0 Å². The van der Waals surface area contributed by atoms with E-state index in [4.69, 9.17) is 9.84 Å². The third kappa shape index (κ3) is 5.34. The molecule has 0 aliphatic heterocycles. The Kier molecular flexibility index (Phi) is 5.26. The summed E-state index contributed by atoms with van der Waals surface area (Å²) in [5.41, 5.74) is 0.873. The van der Waals surface area contributed by atoms with Crippen molar-refractivity contribution in [1.29, 1.82) is 0 Å². The highest BCUT2D eigenvalue weighted by Crippen LogP contribution is 2.29. The van der Waals surface area contributed by atoms with Crippen LogP contribution in [-0.2, 0) is 0 Å². The van der Waals surface area contributed by atoms with E-state index < -0.39 is 0 Å². The molecule has 3 heteroatoms. The first-order chi connectivity index (χ1) is 9.28. The standard InChI is InChI=1S/C16H21NO2/c1-17(13-15-7-8-15)9-11-19-16-6-2-4-14(12-16)5-3-10-18/h2,4,6,12,15,18H,7-11,13H2,1H3. The second-order valence-corrected chi connectivity index (χ2v) is 5.04. The van der Waals surface area contributed by atoms with Gasteiger partial charge in [-0.25, -0.2) is 0 Å². The van der Waals surface area contributed by atoms with Crippen molar-refractivity contribution in [2.45, 2.75) is 12.8 Å². The van der Waals surface area contributed by atoms with Crippen LogP contribution in [0, 0.1) is 17.8 Å². The maximum Gasteiger partial charge on any atom is 0.120 e. The van der Waals surface area contributed by atoms with Gasteiger partial charge in [0, 0.05) is 18.7 Å². The lowest BCUT2D eigenvalue weighted by molar-refractivity contribution is 0.232. The van der Waals surface area contributed by atoms with Crippen molar-refractivity contribution < 1.29 is 9.84 Å². The molecular formula is C16H21NO2. The minimum Gasteiger partial charge on any atom is -0.492 e. The van der Waals surface area contributed by atoms with E-state index in [1.54, 1.807) is 0 Å². The molecule has 0 bridgehead atoms. The van der Waals surface area contributed by atoms with Gasteiger partial charge in [0.2, 0.25) is 0 Å². The lowest BCUT2D eigenvalue weighted by Gasteiger charge is -2.16. The van der Waals surface area contributed by atoms with Crippen LogP contribution in [0.2, 0.25) is 0 Å². The summed E-state index contributed by atoms with van der Waals surface area (Å²) in [6.45, 7) is 2.71. The Morgan fingerprint density at radius 1 is 1.42 bits per heavy atom. The number of benzene rings is 1. The average Bonchev–Trinajstić information content (AvgIpc) is 3.21. The first kappa shape index (κ1) is 13.9. The van der Waals surface area contributed by atoms with E-state index >= 15 is 0 Å². The van der Waals surface area contributed by atoms with Gasteiger partial charge in [0.05, 0.1) is 0 Å². The Balaban J connectivity index is 1.75. The zero-order valence-electron chi connectivity index (χ0n) is 11.4. The molecule has 1 N–H and O–H groups in total. The third-order valence-corrected chi connectivity index (χ3v) is 3.15. The van der Waals surface area contributed by atoms with Crippen molar-refractivity contribution in [3.63, 3.8) is 0 Å². The Labute approximate surface area is 115 Å². The highest BCUT2D eigenvalue weighted by atomic mass is 16.5. The highest BCUT2D eigenvalue weighted by molar-refractivity contribution is 5.39. The van der Waals surface area contributed by atoms with E-state index in [1.807, 2.05) is 24.3 Å². The molecule has 0 aromatic heterocycles. The van der Waals surface area contributed by atoms with Crippen LogP contribution in [0.4, 0.5) is 0 Å². The van der Waals surface area contributed by atoms with E-state index in [1.165, 1.54) is 19.4 Å². The zero-order valence-corrected chi connectivity index (χ0v) is 11.4. The van der Waals surface area contributed by atoms with Crippen LogP contribution >= 0.6 is 0 Å². The van der Waals surface area contributed by atoms with Crippen LogP contribution in [0.1, 0.15) is 18.4 Å². The van der Waals surface area contributed by atoms with Crippen LogP contribution in [0.3, 0.4) is 0 Å². The maximum absolute atomic E-state index is 8.67. The summed E-state index contributed by atoms with van der Waals surface area (Å²) in [4.78, 5) is 2.33. The summed E-state index contributed by atoms with van der Waals surface area (Å²) in [6, 6.07) is 7.67. The fraction of sp³-hybridized carbons (Fsp3) is 0.500. The smallest absolute Gasteiger partial charge is 0.120 e. The molecule has 0 saturated heterocycles. The summed E-state index contributed by atoms with van der Waals surface area (Å²) < 4.78 is 5.73. The molecule has 0 heterocycles. The molecule has 102 valence electrons. The van der Waals surface area contributed by atoms with Crippen molar-refractivity contribution in [3.8, 4) is 17.6 Å². The Morgan fingerprint density at radius 3 is 3.00 bits per heavy atom. The molecule has 1 aromatic rings. The number of aliphatic hydroxyl groups is 1. The fourth-order valence-electron chi connectivity index (χ4n) is 1.96. The fourth-order valence-corrected chi connectivity index (χ4v) is 1.96. The highest BCUT2D eigenvalue weighted by Gasteiger charge is 2.22. The molecule has 0 radical (unpaired) electrons. The molecule has 1 fully saturated rings.